The number of methoxy groups -OCH3 is 2. The van der Waals surface area contributed by atoms with Crippen LogP contribution in [-0.2, 0) is 0 Å². The van der Waals surface area contributed by atoms with Gasteiger partial charge in [-0.3, -0.25) is 4.79 Å². The molecule has 0 saturated heterocycles. The summed E-state index contributed by atoms with van der Waals surface area (Å²) in [4.78, 5) is 12.0. The summed E-state index contributed by atoms with van der Waals surface area (Å²) < 4.78 is 11.0. The number of Topliss-reactive ketones (excluding diaryl/α,β-unsaturated/α-hetero) is 1. The van der Waals surface area contributed by atoms with Crippen molar-refractivity contribution in [3.8, 4) is 11.5 Å². The van der Waals surface area contributed by atoms with Crippen molar-refractivity contribution in [3.63, 3.8) is 0 Å². The summed E-state index contributed by atoms with van der Waals surface area (Å²) in [6.45, 7) is 1.87. The van der Waals surface area contributed by atoms with Gasteiger partial charge in [0.2, 0.25) is 0 Å². The number of benzene rings is 1. The van der Waals surface area contributed by atoms with Gasteiger partial charge in [0.15, 0.2) is 5.78 Å². The monoisotopic (exact) mass is 301 g/mol. The molecular formula is C12H16BrNO3. The minimum Gasteiger partial charge on any atom is -0.495 e. The van der Waals surface area contributed by atoms with Crippen LogP contribution in [0.15, 0.2) is 16.6 Å². The molecule has 1 aromatic rings. The quantitative estimate of drug-likeness (QED) is 0.848. The van der Waals surface area contributed by atoms with E-state index in [4.69, 9.17) is 15.2 Å². The van der Waals surface area contributed by atoms with E-state index >= 15 is 0 Å². The van der Waals surface area contributed by atoms with E-state index < -0.39 is 6.04 Å². The van der Waals surface area contributed by atoms with Gasteiger partial charge in [-0.15, -0.1) is 0 Å². The molecule has 4 nitrogen and oxygen atoms in total. The third-order valence-corrected chi connectivity index (χ3v) is 3.28. The minimum absolute atomic E-state index is 0.132. The normalized spacial score (nSPS) is 12.1. The first-order valence-corrected chi connectivity index (χ1v) is 6.06. The lowest BCUT2D eigenvalue weighted by Crippen LogP contribution is -2.29. The lowest BCUT2D eigenvalue weighted by Gasteiger charge is -2.14. The molecule has 1 atom stereocenters. The molecule has 0 amide bonds. The van der Waals surface area contributed by atoms with E-state index in [1.54, 1.807) is 19.2 Å². The van der Waals surface area contributed by atoms with Crippen molar-refractivity contribution in [2.24, 2.45) is 5.73 Å². The highest BCUT2D eigenvalue weighted by Crippen LogP contribution is 2.37. The van der Waals surface area contributed by atoms with Gasteiger partial charge in [0.1, 0.15) is 16.0 Å². The Balaban J connectivity index is 3.26. The third kappa shape index (κ3) is 2.79. The van der Waals surface area contributed by atoms with Crippen molar-refractivity contribution in [2.75, 3.05) is 14.2 Å². The fraction of sp³-hybridized carbons (Fsp3) is 0.417. The second-order valence-electron chi connectivity index (χ2n) is 3.54. The van der Waals surface area contributed by atoms with Gasteiger partial charge in [-0.05, 0) is 34.5 Å². The second-order valence-corrected chi connectivity index (χ2v) is 4.33. The summed E-state index contributed by atoms with van der Waals surface area (Å²) in [6, 6.07) is 2.87. The van der Waals surface area contributed by atoms with Crippen molar-refractivity contribution in [3.05, 3.63) is 22.2 Å². The van der Waals surface area contributed by atoms with E-state index in [-0.39, 0.29) is 5.78 Å². The molecule has 0 aliphatic carbocycles. The highest BCUT2D eigenvalue weighted by Gasteiger charge is 2.21. The zero-order valence-electron chi connectivity index (χ0n) is 10.1. The van der Waals surface area contributed by atoms with Crippen molar-refractivity contribution in [2.45, 2.75) is 19.4 Å². The maximum atomic E-state index is 12.0. The number of nitrogens with two attached hydrogens (primary N) is 1. The van der Waals surface area contributed by atoms with E-state index in [0.717, 1.165) is 0 Å². The lowest BCUT2D eigenvalue weighted by molar-refractivity contribution is 0.0956. The Morgan fingerprint density at radius 3 is 2.53 bits per heavy atom. The molecule has 0 fully saturated rings. The van der Waals surface area contributed by atoms with Crippen LogP contribution in [0.5, 0.6) is 11.5 Å². The highest BCUT2D eigenvalue weighted by molar-refractivity contribution is 9.10. The predicted octanol–water partition coefficient (Wildman–Crippen LogP) is 2.39. The highest BCUT2D eigenvalue weighted by atomic mass is 79.9. The van der Waals surface area contributed by atoms with Gasteiger partial charge in [-0.2, -0.15) is 0 Å². The van der Waals surface area contributed by atoms with Crippen LogP contribution in [0.2, 0.25) is 0 Å². The largest absolute Gasteiger partial charge is 0.495 e. The smallest absolute Gasteiger partial charge is 0.183 e. The summed E-state index contributed by atoms with van der Waals surface area (Å²) in [5.41, 5.74) is 6.21. The topological polar surface area (TPSA) is 61.6 Å². The van der Waals surface area contributed by atoms with Crippen LogP contribution in [0.4, 0.5) is 0 Å². The Bertz CT molecular complexity index is 420. The molecule has 0 aliphatic rings. The van der Waals surface area contributed by atoms with Crippen molar-refractivity contribution in [1.29, 1.82) is 0 Å². The third-order valence-electron chi connectivity index (χ3n) is 2.53. The van der Waals surface area contributed by atoms with Gasteiger partial charge < -0.3 is 15.2 Å². The number of carbonyl (C=O) groups is 1. The van der Waals surface area contributed by atoms with Crippen molar-refractivity contribution >= 4 is 21.7 Å². The Morgan fingerprint density at radius 1 is 1.41 bits per heavy atom. The fourth-order valence-electron chi connectivity index (χ4n) is 1.47. The lowest BCUT2D eigenvalue weighted by atomic mass is 10.0. The minimum atomic E-state index is -0.510. The number of rotatable bonds is 5. The van der Waals surface area contributed by atoms with Gasteiger partial charge in [0, 0.05) is 0 Å². The molecule has 0 aliphatic heterocycles. The van der Waals surface area contributed by atoms with Crippen LogP contribution in [0.25, 0.3) is 0 Å². The van der Waals surface area contributed by atoms with Crippen LogP contribution in [-0.4, -0.2) is 26.0 Å². The maximum Gasteiger partial charge on any atom is 0.183 e. The Labute approximate surface area is 109 Å². The zero-order chi connectivity index (χ0) is 13.0. The first-order chi connectivity index (χ1) is 8.06. The van der Waals surface area contributed by atoms with Gasteiger partial charge in [0.25, 0.3) is 0 Å². The van der Waals surface area contributed by atoms with Crippen molar-refractivity contribution < 1.29 is 14.3 Å². The van der Waals surface area contributed by atoms with E-state index in [1.807, 2.05) is 6.92 Å². The summed E-state index contributed by atoms with van der Waals surface area (Å²) in [5.74, 6) is 0.939. The zero-order valence-corrected chi connectivity index (χ0v) is 11.7. The van der Waals surface area contributed by atoms with Crippen LogP contribution in [0.3, 0.4) is 0 Å². The molecule has 1 unspecified atom stereocenters. The van der Waals surface area contributed by atoms with Gasteiger partial charge in [0.05, 0.1) is 25.8 Å². The number of hydrogen-bond donors (Lipinski definition) is 1. The van der Waals surface area contributed by atoms with E-state index in [2.05, 4.69) is 15.9 Å². The molecular weight excluding hydrogens is 286 g/mol. The summed E-state index contributed by atoms with van der Waals surface area (Å²) in [5, 5.41) is 0. The molecule has 94 valence electrons. The summed E-state index contributed by atoms with van der Waals surface area (Å²) >= 11 is 3.35. The average molecular weight is 302 g/mol. The van der Waals surface area contributed by atoms with E-state index in [0.29, 0.717) is 28.0 Å². The first-order valence-electron chi connectivity index (χ1n) is 5.27. The number of carbonyl (C=O) groups excluding carboxylic acids is 1. The molecule has 1 rings (SSSR count). The number of ketones is 1. The van der Waals surface area contributed by atoms with Crippen LogP contribution in [0, 0.1) is 0 Å². The summed E-state index contributed by atoms with van der Waals surface area (Å²) in [7, 11) is 3.06. The molecule has 0 aromatic heterocycles. The van der Waals surface area contributed by atoms with Gasteiger partial charge in [-0.1, -0.05) is 6.92 Å². The second kappa shape index (κ2) is 6.02. The Morgan fingerprint density at radius 2 is 2.06 bits per heavy atom. The first kappa shape index (κ1) is 14.0. The Kier molecular flexibility index (Phi) is 4.96. The molecule has 2 N–H and O–H groups in total. The molecule has 0 spiro atoms. The van der Waals surface area contributed by atoms with E-state index in [9.17, 15) is 4.79 Å². The van der Waals surface area contributed by atoms with Crippen LogP contribution < -0.4 is 15.2 Å². The Hall–Kier alpha value is -1.07. The summed E-state index contributed by atoms with van der Waals surface area (Å²) in [6.07, 6.45) is 0.589. The molecule has 17 heavy (non-hydrogen) atoms. The number of halogens is 1. The van der Waals surface area contributed by atoms with Crippen LogP contribution in [0.1, 0.15) is 23.7 Å². The molecule has 0 saturated carbocycles. The maximum absolute atomic E-state index is 12.0. The average Bonchev–Trinajstić information content (AvgIpc) is 2.36. The van der Waals surface area contributed by atoms with Gasteiger partial charge >= 0.3 is 0 Å². The number of ether oxygens (including phenoxy) is 2. The van der Waals surface area contributed by atoms with Gasteiger partial charge in [-0.25, -0.2) is 0 Å². The standard InChI is InChI=1S/C12H16BrNO3/c1-4-8(14)11(15)7-5-6-9(16-2)10(13)12(7)17-3/h5-6,8H,4,14H2,1-3H3. The molecule has 5 heteroatoms. The number of hydrogen-bond acceptors (Lipinski definition) is 4. The van der Waals surface area contributed by atoms with E-state index in [1.165, 1.54) is 7.11 Å². The predicted molar refractivity (Wildman–Crippen MR) is 69.8 cm³/mol. The van der Waals surface area contributed by atoms with Crippen LogP contribution >= 0.6 is 15.9 Å². The van der Waals surface area contributed by atoms with Crippen molar-refractivity contribution in [1.82, 2.24) is 0 Å². The molecule has 0 radical (unpaired) electrons. The molecule has 0 heterocycles. The molecule has 1 aromatic carbocycles. The molecule has 0 bridgehead atoms. The fourth-order valence-corrected chi connectivity index (χ4v) is 2.14. The SMILES string of the molecule is CCC(N)C(=O)c1ccc(OC)c(Br)c1OC.